The van der Waals surface area contributed by atoms with Crippen molar-refractivity contribution in [2.45, 2.75) is 18.1 Å². The Kier molecular flexibility index (Phi) is 6.60. The van der Waals surface area contributed by atoms with Crippen LogP contribution in [0.2, 0.25) is 0 Å². The SMILES string of the molecule is C=C/C(C)=C(\C)S(=O)(=O)c1cc(C(N)=O)c(NC(=O)c2ccccc2I)s1. The third kappa shape index (κ3) is 4.47. The molecule has 0 radical (unpaired) electrons. The largest absolute Gasteiger partial charge is 0.366 e. The van der Waals surface area contributed by atoms with Crippen molar-refractivity contribution >= 4 is 60.6 Å². The van der Waals surface area contributed by atoms with Gasteiger partial charge in [0.25, 0.3) is 11.8 Å². The molecule has 0 saturated carbocycles. The van der Waals surface area contributed by atoms with Gasteiger partial charge in [-0.15, -0.1) is 11.3 Å². The highest BCUT2D eigenvalue weighted by atomic mass is 127. The van der Waals surface area contributed by atoms with E-state index < -0.39 is 21.7 Å². The van der Waals surface area contributed by atoms with Gasteiger partial charge in [-0.3, -0.25) is 9.59 Å². The van der Waals surface area contributed by atoms with Crippen LogP contribution in [0.15, 0.2) is 57.7 Å². The first-order chi connectivity index (χ1) is 12.6. The van der Waals surface area contributed by atoms with Crippen LogP contribution in [0, 0.1) is 3.57 Å². The molecule has 0 aliphatic carbocycles. The molecule has 3 N–H and O–H groups in total. The summed E-state index contributed by atoms with van der Waals surface area (Å²) in [6.07, 6.45) is 1.44. The number of thiophene rings is 1. The van der Waals surface area contributed by atoms with Crippen molar-refractivity contribution in [2.75, 3.05) is 5.32 Å². The molecule has 1 heterocycles. The van der Waals surface area contributed by atoms with Crippen molar-refractivity contribution in [3.8, 4) is 0 Å². The quantitative estimate of drug-likeness (QED) is 0.448. The number of hydrogen-bond donors (Lipinski definition) is 2. The van der Waals surface area contributed by atoms with E-state index in [0.717, 1.165) is 14.9 Å². The predicted molar refractivity (Wildman–Crippen MR) is 116 cm³/mol. The maximum atomic E-state index is 12.8. The van der Waals surface area contributed by atoms with E-state index >= 15 is 0 Å². The maximum Gasteiger partial charge on any atom is 0.257 e. The van der Waals surface area contributed by atoms with Crippen LogP contribution in [-0.4, -0.2) is 20.2 Å². The first kappa shape index (κ1) is 21.3. The predicted octanol–water partition coefficient (Wildman–Crippen LogP) is 3.96. The molecule has 2 amide bonds. The van der Waals surface area contributed by atoms with Crippen LogP contribution in [0.1, 0.15) is 34.6 Å². The van der Waals surface area contributed by atoms with Gasteiger partial charge in [0.15, 0.2) is 0 Å². The van der Waals surface area contributed by atoms with Crippen LogP contribution in [0.25, 0.3) is 0 Å². The summed E-state index contributed by atoms with van der Waals surface area (Å²) in [6, 6.07) is 8.09. The van der Waals surface area contributed by atoms with E-state index in [1.807, 2.05) is 22.6 Å². The van der Waals surface area contributed by atoms with Gasteiger partial charge in [-0.05, 0) is 60.2 Å². The van der Waals surface area contributed by atoms with Crippen LogP contribution in [0.4, 0.5) is 5.00 Å². The molecule has 0 fully saturated rings. The molecule has 0 saturated heterocycles. The fourth-order valence-corrected chi connectivity index (χ4v) is 5.67. The summed E-state index contributed by atoms with van der Waals surface area (Å²) in [7, 11) is -3.83. The zero-order valence-electron chi connectivity index (χ0n) is 14.6. The molecule has 0 aliphatic heterocycles. The summed E-state index contributed by atoms with van der Waals surface area (Å²) >= 11 is 2.81. The average molecular weight is 516 g/mol. The summed E-state index contributed by atoms with van der Waals surface area (Å²) in [5.41, 5.74) is 6.22. The number of nitrogens with one attached hydrogen (secondary N) is 1. The number of primary amides is 1. The van der Waals surface area contributed by atoms with E-state index in [9.17, 15) is 18.0 Å². The van der Waals surface area contributed by atoms with E-state index in [4.69, 9.17) is 5.73 Å². The summed E-state index contributed by atoms with van der Waals surface area (Å²) in [5, 5.41) is 2.69. The number of sulfone groups is 1. The summed E-state index contributed by atoms with van der Waals surface area (Å²) < 4.78 is 26.2. The summed E-state index contributed by atoms with van der Waals surface area (Å²) in [4.78, 5) is 24.4. The highest BCUT2D eigenvalue weighted by Crippen LogP contribution is 2.35. The van der Waals surface area contributed by atoms with E-state index in [2.05, 4.69) is 11.9 Å². The Labute approximate surface area is 175 Å². The van der Waals surface area contributed by atoms with Crippen molar-refractivity contribution in [3.05, 3.63) is 68.2 Å². The van der Waals surface area contributed by atoms with Gasteiger partial charge in [-0.2, -0.15) is 0 Å². The van der Waals surface area contributed by atoms with Gasteiger partial charge in [0.2, 0.25) is 9.84 Å². The average Bonchev–Trinajstić information content (AvgIpc) is 3.05. The zero-order valence-corrected chi connectivity index (χ0v) is 18.4. The second-order valence-electron chi connectivity index (χ2n) is 5.55. The number of nitrogens with two attached hydrogens (primary N) is 1. The second-order valence-corrected chi connectivity index (χ2v) is 10.1. The van der Waals surface area contributed by atoms with Crippen molar-refractivity contribution in [2.24, 2.45) is 5.73 Å². The number of carbonyl (C=O) groups is 2. The molecule has 0 unspecified atom stereocenters. The summed E-state index contributed by atoms with van der Waals surface area (Å²) in [6.45, 7) is 6.66. The van der Waals surface area contributed by atoms with E-state index in [0.29, 0.717) is 11.1 Å². The molecule has 0 aliphatic rings. The maximum absolute atomic E-state index is 12.8. The fourth-order valence-electron chi connectivity index (χ4n) is 2.10. The molecule has 0 bridgehead atoms. The van der Waals surface area contributed by atoms with Crippen LogP contribution < -0.4 is 11.1 Å². The Morgan fingerprint density at radius 2 is 1.85 bits per heavy atom. The van der Waals surface area contributed by atoms with Crippen molar-refractivity contribution in [1.82, 2.24) is 0 Å². The van der Waals surface area contributed by atoms with Gasteiger partial charge < -0.3 is 11.1 Å². The minimum Gasteiger partial charge on any atom is -0.366 e. The molecule has 0 atom stereocenters. The normalized spacial score (nSPS) is 12.3. The van der Waals surface area contributed by atoms with E-state index in [1.54, 1.807) is 31.2 Å². The Morgan fingerprint density at radius 1 is 1.22 bits per heavy atom. The highest BCUT2D eigenvalue weighted by Gasteiger charge is 2.26. The number of hydrogen-bond acceptors (Lipinski definition) is 5. The second kappa shape index (κ2) is 8.36. The molecule has 2 rings (SSSR count). The van der Waals surface area contributed by atoms with Crippen LogP contribution in [0.5, 0.6) is 0 Å². The lowest BCUT2D eigenvalue weighted by atomic mass is 10.2. The number of benzene rings is 1. The smallest absolute Gasteiger partial charge is 0.257 e. The van der Waals surface area contributed by atoms with Crippen molar-refractivity contribution in [3.63, 3.8) is 0 Å². The topological polar surface area (TPSA) is 106 Å². The van der Waals surface area contributed by atoms with Crippen LogP contribution in [-0.2, 0) is 9.84 Å². The molecule has 9 heteroatoms. The number of allylic oxidation sites excluding steroid dienone is 3. The van der Waals surface area contributed by atoms with Gasteiger partial charge >= 0.3 is 0 Å². The minimum absolute atomic E-state index is 0.0538. The lowest BCUT2D eigenvalue weighted by Gasteiger charge is -2.06. The Morgan fingerprint density at radius 3 is 2.41 bits per heavy atom. The van der Waals surface area contributed by atoms with Crippen LogP contribution >= 0.6 is 33.9 Å². The molecule has 2 aromatic rings. The monoisotopic (exact) mass is 516 g/mol. The van der Waals surface area contributed by atoms with Crippen molar-refractivity contribution in [1.29, 1.82) is 0 Å². The molecule has 6 nitrogen and oxygen atoms in total. The van der Waals surface area contributed by atoms with Gasteiger partial charge in [0, 0.05) is 8.48 Å². The minimum atomic E-state index is -3.83. The molecular formula is C18H17IN2O4S2. The summed E-state index contributed by atoms with van der Waals surface area (Å²) in [5.74, 6) is -1.28. The van der Waals surface area contributed by atoms with Crippen molar-refractivity contribution < 1.29 is 18.0 Å². The zero-order chi connectivity index (χ0) is 20.4. The number of halogens is 1. The lowest BCUT2D eigenvalue weighted by molar-refractivity contribution is 0.100. The number of anilines is 1. The van der Waals surface area contributed by atoms with Gasteiger partial charge in [0.1, 0.15) is 9.21 Å². The third-order valence-corrected chi connectivity index (χ3v) is 8.32. The molecule has 1 aromatic heterocycles. The van der Waals surface area contributed by atoms with Crippen LogP contribution in [0.3, 0.4) is 0 Å². The molecule has 27 heavy (non-hydrogen) atoms. The molecular weight excluding hydrogens is 499 g/mol. The van der Waals surface area contributed by atoms with Gasteiger partial charge in [-0.25, -0.2) is 8.42 Å². The third-order valence-electron chi connectivity index (χ3n) is 3.85. The standard InChI is InChI=1S/C18H17IN2O4S2/c1-4-10(2)11(3)27(24,25)15-9-13(16(20)22)18(26-15)21-17(23)12-7-5-6-8-14(12)19/h4-9H,1H2,2-3H3,(H2,20,22)(H,21,23)/b11-10+. The Bertz CT molecular complexity index is 1070. The highest BCUT2D eigenvalue weighted by molar-refractivity contribution is 14.1. The lowest BCUT2D eigenvalue weighted by Crippen LogP contribution is -2.17. The molecule has 0 spiro atoms. The molecule has 1 aromatic carbocycles. The van der Waals surface area contributed by atoms with E-state index in [1.165, 1.54) is 19.1 Å². The first-order valence-corrected chi connectivity index (χ1v) is 11.0. The van der Waals surface area contributed by atoms with Gasteiger partial charge in [-0.1, -0.05) is 24.8 Å². The fraction of sp³-hybridized carbons (Fsp3) is 0.111. The molecule has 142 valence electrons. The first-order valence-electron chi connectivity index (χ1n) is 7.64. The Hall–Kier alpha value is -1.98. The number of rotatable bonds is 6. The number of amides is 2. The number of carbonyl (C=O) groups excluding carboxylic acids is 2. The Balaban J connectivity index is 2.51. The van der Waals surface area contributed by atoms with E-state index in [-0.39, 0.29) is 19.7 Å². The van der Waals surface area contributed by atoms with Gasteiger partial charge in [0.05, 0.1) is 11.1 Å².